The van der Waals surface area contributed by atoms with Crippen LogP contribution < -0.4 is 10.6 Å². The first-order valence-electron chi connectivity index (χ1n) is 9.21. The van der Waals surface area contributed by atoms with Crippen LogP contribution in [-0.2, 0) is 6.54 Å². The minimum absolute atomic E-state index is 0.578. The molecule has 0 saturated heterocycles. The molecule has 2 rings (SSSR count). The van der Waals surface area contributed by atoms with Gasteiger partial charge in [0.2, 0.25) is 0 Å². The summed E-state index contributed by atoms with van der Waals surface area (Å²) >= 11 is 0. The molecule has 1 aliphatic carbocycles. The number of aliphatic imine (C=N–C) groups is 1. The smallest absolute Gasteiger partial charge is 0.191 e. The minimum atomic E-state index is 0.578. The number of aromatic nitrogens is 2. The molecule has 5 nitrogen and oxygen atoms in total. The van der Waals surface area contributed by atoms with E-state index in [2.05, 4.69) is 36.5 Å². The van der Waals surface area contributed by atoms with Crippen LogP contribution in [0.5, 0.6) is 0 Å². The highest BCUT2D eigenvalue weighted by molar-refractivity contribution is 5.80. The van der Waals surface area contributed by atoms with Crippen LogP contribution >= 0.6 is 0 Å². The van der Waals surface area contributed by atoms with Crippen molar-refractivity contribution in [3.63, 3.8) is 0 Å². The van der Waals surface area contributed by atoms with Crippen LogP contribution in [0.15, 0.2) is 23.5 Å². The van der Waals surface area contributed by atoms with Gasteiger partial charge >= 0.3 is 0 Å². The number of rotatable bonds is 7. The second-order valence-corrected chi connectivity index (χ2v) is 6.88. The summed E-state index contributed by atoms with van der Waals surface area (Å²) < 4.78 is 1.96. The van der Waals surface area contributed by atoms with Gasteiger partial charge in [0.1, 0.15) is 0 Å². The first-order chi connectivity index (χ1) is 11.2. The standard InChI is InChI=1S/C18H33N5/c1-4-19-18(20-11-5-13-23-14-6-12-21-23)22-17-9-7-16(8-10-17)15(2)3/h6,12,14-17H,4-5,7-11,13H2,1-3H3,(H2,19,20,22). The summed E-state index contributed by atoms with van der Waals surface area (Å²) in [6, 6.07) is 2.54. The van der Waals surface area contributed by atoms with Gasteiger partial charge in [-0.15, -0.1) is 0 Å². The predicted molar refractivity (Wildman–Crippen MR) is 96.5 cm³/mol. The van der Waals surface area contributed by atoms with Gasteiger partial charge in [-0.3, -0.25) is 9.67 Å². The van der Waals surface area contributed by atoms with Crippen molar-refractivity contribution in [3.8, 4) is 0 Å². The third-order valence-electron chi connectivity index (χ3n) is 4.77. The zero-order chi connectivity index (χ0) is 16.5. The first kappa shape index (κ1) is 17.8. The summed E-state index contributed by atoms with van der Waals surface area (Å²) in [4.78, 5) is 4.71. The van der Waals surface area contributed by atoms with Crippen LogP contribution in [0.2, 0.25) is 0 Å². The molecule has 1 aliphatic rings. The Bertz CT molecular complexity index is 444. The van der Waals surface area contributed by atoms with Gasteiger partial charge in [-0.05, 0) is 56.9 Å². The summed E-state index contributed by atoms with van der Waals surface area (Å²) in [6.07, 6.45) is 10.0. The molecule has 1 aromatic heterocycles. The average molecular weight is 319 g/mol. The number of hydrogen-bond acceptors (Lipinski definition) is 2. The quantitative estimate of drug-likeness (QED) is 0.461. The maximum atomic E-state index is 4.71. The number of hydrogen-bond donors (Lipinski definition) is 2. The number of nitrogens with one attached hydrogen (secondary N) is 2. The normalized spacial score (nSPS) is 22.3. The highest BCUT2D eigenvalue weighted by Crippen LogP contribution is 2.29. The van der Waals surface area contributed by atoms with E-state index in [1.54, 1.807) is 0 Å². The summed E-state index contributed by atoms with van der Waals surface area (Å²) in [6.45, 7) is 9.49. The van der Waals surface area contributed by atoms with E-state index in [0.29, 0.717) is 6.04 Å². The van der Waals surface area contributed by atoms with Gasteiger partial charge in [0, 0.05) is 38.1 Å². The van der Waals surface area contributed by atoms with Gasteiger partial charge in [0.15, 0.2) is 5.96 Å². The van der Waals surface area contributed by atoms with E-state index in [-0.39, 0.29) is 0 Å². The van der Waals surface area contributed by atoms with Crippen LogP contribution in [0.3, 0.4) is 0 Å². The second-order valence-electron chi connectivity index (χ2n) is 6.88. The Labute approximate surface area is 141 Å². The van der Waals surface area contributed by atoms with E-state index in [1.807, 2.05) is 23.1 Å². The molecule has 1 aromatic rings. The van der Waals surface area contributed by atoms with Crippen molar-refractivity contribution < 1.29 is 0 Å². The molecule has 0 bridgehead atoms. The lowest BCUT2D eigenvalue weighted by atomic mass is 9.80. The van der Waals surface area contributed by atoms with Crippen molar-refractivity contribution >= 4 is 5.96 Å². The molecule has 1 saturated carbocycles. The molecule has 0 aliphatic heterocycles. The van der Waals surface area contributed by atoms with Crippen LogP contribution in [0.25, 0.3) is 0 Å². The van der Waals surface area contributed by atoms with Crippen LogP contribution in [0.1, 0.15) is 52.9 Å². The fourth-order valence-electron chi connectivity index (χ4n) is 3.30. The third kappa shape index (κ3) is 6.24. The molecule has 0 unspecified atom stereocenters. The highest BCUT2D eigenvalue weighted by Gasteiger charge is 2.23. The Morgan fingerprint density at radius 1 is 1.30 bits per heavy atom. The molecule has 23 heavy (non-hydrogen) atoms. The molecule has 0 radical (unpaired) electrons. The van der Waals surface area contributed by atoms with E-state index >= 15 is 0 Å². The van der Waals surface area contributed by atoms with Crippen molar-refractivity contribution in [2.24, 2.45) is 16.8 Å². The average Bonchev–Trinajstić information content (AvgIpc) is 3.05. The first-order valence-corrected chi connectivity index (χ1v) is 9.21. The van der Waals surface area contributed by atoms with Gasteiger partial charge < -0.3 is 10.6 Å². The zero-order valence-electron chi connectivity index (χ0n) is 15.0. The van der Waals surface area contributed by atoms with Gasteiger partial charge in [-0.25, -0.2) is 0 Å². The fraction of sp³-hybridized carbons (Fsp3) is 0.778. The van der Waals surface area contributed by atoms with Crippen molar-refractivity contribution in [2.75, 3.05) is 13.1 Å². The van der Waals surface area contributed by atoms with Gasteiger partial charge in [-0.2, -0.15) is 5.10 Å². The molecule has 2 N–H and O–H groups in total. The number of guanidine groups is 1. The summed E-state index contributed by atoms with van der Waals surface area (Å²) in [5, 5.41) is 11.2. The molecule has 5 heteroatoms. The molecule has 1 fully saturated rings. The Kier molecular flexibility index (Phi) is 7.43. The Morgan fingerprint density at radius 3 is 2.70 bits per heavy atom. The molecule has 0 aromatic carbocycles. The van der Waals surface area contributed by atoms with Crippen molar-refractivity contribution in [2.45, 2.75) is 65.5 Å². The lowest BCUT2D eigenvalue weighted by Gasteiger charge is -2.32. The van der Waals surface area contributed by atoms with Crippen molar-refractivity contribution in [1.29, 1.82) is 0 Å². The van der Waals surface area contributed by atoms with Gasteiger partial charge in [-0.1, -0.05) is 13.8 Å². The topological polar surface area (TPSA) is 54.2 Å². The molecular weight excluding hydrogens is 286 g/mol. The summed E-state index contributed by atoms with van der Waals surface area (Å²) in [5.74, 6) is 2.70. The summed E-state index contributed by atoms with van der Waals surface area (Å²) in [5.41, 5.74) is 0. The van der Waals surface area contributed by atoms with Crippen LogP contribution in [0, 0.1) is 11.8 Å². The summed E-state index contributed by atoms with van der Waals surface area (Å²) in [7, 11) is 0. The predicted octanol–water partition coefficient (Wildman–Crippen LogP) is 3.04. The Morgan fingerprint density at radius 2 is 2.09 bits per heavy atom. The van der Waals surface area contributed by atoms with E-state index in [0.717, 1.165) is 43.9 Å². The maximum Gasteiger partial charge on any atom is 0.191 e. The lowest BCUT2D eigenvalue weighted by Crippen LogP contribution is -2.45. The van der Waals surface area contributed by atoms with Gasteiger partial charge in [0.25, 0.3) is 0 Å². The second kappa shape index (κ2) is 9.58. The number of nitrogens with zero attached hydrogens (tertiary/aromatic N) is 3. The largest absolute Gasteiger partial charge is 0.357 e. The van der Waals surface area contributed by atoms with E-state index < -0.39 is 0 Å². The molecule has 0 spiro atoms. The maximum absolute atomic E-state index is 4.71. The Hall–Kier alpha value is -1.52. The van der Waals surface area contributed by atoms with Crippen molar-refractivity contribution in [3.05, 3.63) is 18.5 Å². The lowest BCUT2D eigenvalue weighted by molar-refractivity contribution is 0.250. The molecule has 1 heterocycles. The SMILES string of the molecule is CCNC(=NCCCn1cccn1)NC1CCC(C(C)C)CC1. The molecular formula is C18H33N5. The molecule has 130 valence electrons. The minimum Gasteiger partial charge on any atom is -0.357 e. The van der Waals surface area contributed by atoms with E-state index in [4.69, 9.17) is 4.99 Å². The monoisotopic (exact) mass is 319 g/mol. The Balaban J connectivity index is 1.73. The van der Waals surface area contributed by atoms with Gasteiger partial charge in [0.05, 0.1) is 0 Å². The zero-order valence-corrected chi connectivity index (χ0v) is 15.0. The van der Waals surface area contributed by atoms with Crippen LogP contribution in [0.4, 0.5) is 0 Å². The number of aryl methyl sites for hydroxylation is 1. The fourth-order valence-corrected chi connectivity index (χ4v) is 3.30. The van der Waals surface area contributed by atoms with Crippen molar-refractivity contribution in [1.82, 2.24) is 20.4 Å². The van der Waals surface area contributed by atoms with E-state index in [1.165, 1.54) is 25.7 Å². The third-order valence-corrected chi connectivity index (χ3v) is 4.77. The van der Waals surface area contributed by atoms with E-state index in [9.17, 15) is 0 Å². The highest BCUT2D eigenvalue weighted by atomic mass is 15.3. The molecule has 0 amide bonds. The van der Waals surface area contributed by atoms with Crippen LogP contribution in [-0.4, -0.2) is 34.9 Å². The molecule has 0 atom stereocenters.